The molecular formula is C24H27ClFNO3S. The van der Waals surface area contributed by atoms with Crippen LogP contribution in [0.15, 0.2) is 48.7 Å². The molecule has 3 heterocycles. The summed E-state index contributed by atoms with van der Waals surface area (Å²) in [7, 11) is 0. The lowest BCUT2D eigenvalue weighted by Gasteiger charge is -2.32. The largest absolute Gasteiger partial charge is 0.394 e. The number of aromatic nitrogens is 1. The number of aliphatic hydroxyl groups is 2. The molecule has 1 aliphatic heterocycles. The highest BCUT2D eigenvalue weighted by molar-refractivity contribution is 7.15. The first-order chi connectivity index (χ1) is 15.0. The first-order valence-electron chi connectivity index (χ1n) is 10.4. The summed E-state index contributed by atoms with van der Waals surface area (Å²) in [5, 5.41) is 20.2. The molecule has 1 aliphatic rings. The van der Waals surface area contributed by atoms with E-state index in [4.69, 9.17) is 16.3 Å². The molecule has 0 spiro atoms. The molecule has 4 nitrogen and oxygen atoms in total. The zero-order valence-electron chi connectivity index (χ0n) is 17.6. The van der Waals surface area contributed by atoms with Crippen LogP contribution in [-0.2, 0) is 11.2 Å². The van der Waals surface area contributed by atoms with Gasteiger partial charge < -0.3 is 14.9 Å². The Kier molecular flexibility index (Phi) is 8.58. The van der Waals surface area contributed by atoms with Gasteiger partial charge in [0.05, 0.1) is 24.9 Å². The van der Waals surface area contributed by atoms with Crippen molar-refractivity contribution in [2.24, 2.45) is 0 Å². The van der Waals surface area contributed by atoms with Crippen molar-refractivity contribution in [1.29, 1.82) is 0 Å². The topological polar surface area (TPSA) is 62.6 Å². The predicted molar refractivity (Wildman–Crippen MR) is 123 cm³/mol. The molecule has 7 heteroatoms. The lowest BCUT2D eigenvalue weighted by Crippen LogP contribution is -2.33. The van der Waals surface area contributed by atoms with Gasteiger partial charge in [-0.2, -0.15) is 4.39 Å². The van der Waals surface area contributed by atoms with Gasteiger partial charge in [-0.25, -0.2) is 4.98 Å². The monoisotopic (exact) mass is 463 g/mol. The van der Waals surface area contributed by atoms with Crippen LogP contribution >= 0.6 is 22.9 Å². The highest BCUT2D eigenvalue weighted by Crippen LogP contribution is 2.35. The average molecular weight is 464 g/mol. The van der Waals surface area contributed by atoms with Crippen LogP contribution in [0.2, 0.25) is 5.02 Å². The van der Waals surface area contributed by atoms with E-state index >= 15 is 0 Å². The predicted octanol–water partition coefficient (Wildman–Crippen LogP) is 5.79. The molecule has 2 N–H and O–H groups in total. The van der Waals surface area contributed by atoms with Gasteiger partial charge in [0, 0.05) is 45.8 Å². The molecule has 3 atom stereocenters. The zero-order valence-corrected chi connectivity index (χ0v) is 19.2. The molecule has 1 fully saturated rings. The lowest BCUT2D eigenvalue weighted by molar-refractivity contribution is -0.113. The quantitative estimate of drug-likeness (QED) is 0.470. The average Bonchev–Trinajstić information content (AvgIpc) is 3.25. The highest BCUT2D eigenvalue weighted by atomic mass is 35.5. The minimum Gasteiger partial charge on any atom is -0.394 e. The number of hydrogen-bond donors (Lipinski definition) is 2. The van der Waals surface area contributed by atoms with E-state index in [9.17, 15) is 14.6 Å². The van der Waals surface area contributed by atoms with Gasteiger partial charge in [0.2, 0.25) is 5.95 Å². The van der Waals surface area contributed by atoms with E-state index in [-0.39, 0.29) is 18.8 Å². The van der Waals surface area contributed by atoms with Crippen LogP contribution in [0.4, 0.5) is 4.39 Å². The van der Waals surface area contributed by atoms with Crippen LogP contribution in [0.3, 0.4) is 0 Å². The molecule has 0 aliphatic carbocycles. The summed E-state index contributed by atoms with van der Waals surface area (Å²) < 4.78 is 19.0. The number of pyridine rings is 1. The standard InChI is InChI=1S/C22H21ClFNO3S.C2H6/c23-19-4-1-13(20-10-16(27)9-17(12-26)28-20)7-15(19)8-18-3-5-21(29-18)14-2-6-22(24)25-11-14;1-2/h1-7,11,16-17,20,26-27H,8-10,12H2;1-2H3/t16-,17-,20+;/m0./s1. The van der Waals surface area contributed by atoms with Crippen LogP contribution in [0.5, 0.6) is 0 Å². The van der Waals surface area contributed by atoms with Gasteiger partial charge in [-0.05, 0) is 41.5 Å². The summed E-state index contributed by atoms with van der Waals surface area (Å²) in [4.78, 5) is 5.86. The van der Waals surface area contributed by atoms with Crippen molar-refractivity contribution in [2.45, 2.75) is 51.4 Å². The third-order valence-electron chi connectivity index (χ3n) is 5.06. The number of halogens is 2. The summed E-state index contributed by atoms with van der Waals surface area (Å²) in [5.41, 5.74) is 2.79. The number of hydrogen-bond acceptors (Lipinski definition) is 5. The van der Waals surface area contributed by atoms with Gasteiger partial charge in [0.1, 0.15) is 0 Å². The second-order valence-electron chi connectivity index (χ2n) is 7.22. The van der Waals surface area contributed by atoms with E-state index in [1.54, 1.807) is 17.4 Å². The number of aliphatic hydroxyl groups excluding tert-OH is 2. The molecule has 31 heavy (non-hydrogen) atoms. The maximum absolute atomic E-state index is 13.0. The smallest absolute Gasteiger partial charge is 0.212 e. The number of thiophene rings is 1. The fourth-order valence-electron chi connectivity index (χ4n) is 3.59. The van der Waals surface area contributed by atoms with Gasteiger partial charge in [-0.15, -0.1) is 11.3 Å². The molecule has 2 aromatic heterocycles. The van der Waals surface area contributed by atoms with Crippen LogP contribution in [0.1, 0.15) is 48.8 Å². The molecular weight excluding hydrogens is 437 g/mol. The van der Waals surface area contributed by atoms with Gasteiger partial charge in [0.25, 0.3) is 0 Å². The fourth-order valence-corrected chi connectivity index (χ4v) is 4.80. The molecule has 1 aromatic carbocycles. The summed E-state index contributed by atoms with van der Waals surface area (Å²) in [5.74, 6) is -0.493. The lowest BCUT2D eigenvalue weighted by atomic mass is 9.94. The second-order valence-corrected chi connectivity index (χ2v) is 8.79. The first-order valence-corrected chi connectivity index (χ1v) is 11.6. The Bertz CT molecular complexity index is 979. The first kappa shape index (κ1) is 23.8. The minimum atomic E-state index is -0.493. The van der Waals surface area contributed by atoms with Gasteiger partial charge in [-0.1, -0.05) is 37.6 Å². The van der Waals surface area contributed by atoms with Crippen LogP contribution in [0, 0.1) is 5.95 Å². The summed E-state index contributed by atoms with van der Waals surface area (Å²) in [6.45, 7) is 3.89. The maximum atomic E-state index is 13.0. The van der Waals surface area contributed by atoms with E-state index < -0.39 is 12.1 Å². The molecule has 0 bridgehead atoms. The number of nitrogens with zero attached hydrogens (tertiary/aromatic N) is 1. The third-order valence-corrected chi connectivity index (χ3v) is 6.56. The van der Waals surface area contributed by atoms with Crippen molar-refractivity contribution in [3.8, 4) is 10.4 Å². The number of ether oxygens (including phenoxy) is 1. The van der Waals surface area contributed by atoms with E-state index in [1.807, 2.05) is 44.2 Å². The SMILES string of the molecule is CC.OC[C@@H]1C[C@H](O)C[C@H](c2ccc(Cl)c(Cc3ccc(-c4ccc(F)nc4)s3)c2)O1. The van der Waals surface area contributed by atoms with Crippen molar-refractivity contribution in [2.75, 3.05) is 6.61 Å². The molecule has 3 aromatic rings. The highest BCUT2D eigenvalue weighted by Gasteiger charge is 2.29. The Labute approximate surface area is 191 Å². The second kappa shape index (κ2) is 11.2. The van der Waals surface area contributed by atoms with E-state index in [2.05, 4.69) is 4.98 Å². The van der Waals surface area contributed by atoms with E-state index in [0.717, 1.165) is 26.4 Å². The van der Waals surface area contributed by atoms with Crippen molar-refractivity contribution in [3.05, 3.63) is 75.6 Å². The van der Waals surface area contributed by atoms with E-state index in [0.29, 0.717) is 24.3 Å². The molecule has 0 amide bonds. The summed E-state index contributed by atoms with van der Waals surface area (Å²) >= 11 is 8.05. The Morgan fingerprint density at radius 2 is 1.97 bits per heavy atom. The van der Waals surface area contributed by atoms with Crippen molar-refractivity contribution >= 4 is 22.9 Å². The Balaban J connectivity index is 0.00000132. The number of benzene rings is 1. The number of rotatable bonds is 5. The molecule has 1 saturated heterocycles. The Hall–Kier alpha value is -1.83. The zero-order chi connectivity index (χ0) is 22.4. The Morgan fingerprint density at radius 3 is 2.68 bits per heavy atom. The summed E-state index contributed by atoms with van der Waals surface area (Å²) in [6, 6.07) is 12.9. The van der Waals surface area contributed by atoms with Crippen LogP contribution in [-0.4, -0.2) is 34.0 Å². The maximum Gasteiger partial charge on any atom is 0.212 e. The van der Waals surface area contributed by atoms with Gasteiger partial charge in [0.15, 0.2) is 0 Å². The van der Waals surface area contributed by atoms with Crippen molar-refractivity contribution in [1.82, 2.24) is 4.98 Å². The molecule has 0 saturated carbocycles. The van der Waals surface area contributed by atoms with E-state index in [1.165, 1.54) is 12.3 Å². The normalized spacial score (nSPS) is 20.8. The van der Waals surface area contributed by atoms with Crippen LogP contribution in [0.25, 0.3) is 10.4 Å². The van der Waals surface area contributed by atoms with Gasteiger partial charge in [-0.3, -0.25) is 0 Å². The molecule has 0 unspecified atom stereocenters. The summed E-state index contributed by atoms with van der Waals surface area (Å²) in [6.07, 6.45) is 2.02. The van der Waals surface area contributed by atoms with Crippen molar-refractivity contribution < 1.29 is 19.3 Å². The van der Waals surface area contributed by atoms with Crippen LogP contribution < -0.4 is 0 Å². The molecule has 0 radical (unpaired) electrons. The third kappa shape index (κ3) is 6.11. The Morgan fingerprint density at radius 1 is 1.16 bits per heavy atom. The fraction of sp³-hybridized carbons (Fsp3) is 0.375. The van der Waals surface area contributed by atoms with Gasteiger partial charge >= 0.3 is 0 Å². The molecule has 4 rings (SSSR count). The minimum absolute atomic E-state index is 0.107. The van der Waals surface area contributed by atoms with Crippen molar-refractivity contribution in [3.63, 3.8) is 0 Å². The molecule has 166 valence electrons.